The molecule has 2 saturated carbocycles. The van der Waals surface area contributed by atoms with Gasteiger partial charge in [0, 0.05) is 23.2 Å². The Morgan fingerprint density at radius 2 is 1.72 bits per heavy atom. The summed E-state index contributed by atoms with van der Waals surface area (Å²) in [6, 6.07) is 8.30. The van der Waals surface area contributed by atoms with E-state index in [2.05, 4.69) is 33.0 Å². The van der Waals surface area contributed by atoms with Crippen molar-refractivity contribution >= 4 is 21.6 Å². The zero-order valence-corrected chi connectivity index (χ0v) is 12.0. The lowest BCUT2D eigenvalue weighted by Crippen LogP contribution is -2.28. The third kappa shape index (κ3) is 3.05. The first kappa shape index (κ1) is 12.0. The van der Waals surface area contributed by atoms with Crippen LogP contribution in [0.5, 0.6) is 0 Å². The molecule has 0 aromatic heterocycles. The van der Waals surface area contributed by atoms with Gasteiger partial charge in [0.1, 0.15) is 0 Å². The van der Waals surface area contributed by atoms with Gasteiger partial charge in [-0.05, 0) is 55.7 Å². The molecule has 1 aromatic rings. The smallest absolute Gasteiger partial charge is 0.0992 e. The van der Waals surface area contributed by atoms with E-state index in [1.54, 1.807) is 0 Å². The number of halogens is 1. The van der Waals surface area contributed by atoms with Crippen molar-refractivity contribution in [1.82, 2.24) is 0 Å². The summed E-state index contributed by atoms with van der Waals surface area (Å²) in [5, 5.41) is 9.07. The minimum Gasteiger partial charge on any atom is -0.371 e. The summed E-state index contributed by atoms with van der Waals surface area (Å²) in [7, 11) is 0. The van der Waals surface area contributed by atoms with Crippen molar-refractivity contribution in [3.63, 3.8) is 0 Å². The third-order valence-corrected chi connectivity index (χ3v) is 4.19. The van der Waals surface area contributed by atoms with Crippen molar-refractivity contribution in [3.05, 3.63) is 28.2 Å². The fourth-order valence-electron chi connectivity index (χ4n) is 2.33. The van der Waals surface area contributed by atoms with Crippen LogP contribution in [0.2, 0.25) is 0 Å². The van der Waals surface area contributed by atoms with Crippen LogP contribution in [0, 0.1) is 23.2 Å². The van der Waals surface area contributed by atoms with Gasteiger partial charge >= 0.3 is 0 Å². The van der Waals surface area contributed by atoms with Gasteiger partial charge in [0.2, 0.25) is 0 Å². The van der Waals surface area contributed by atoms with E-state index in [0.29, 0.717) is 0 Å². The van der Waals surface area contributed by atoms with Gasteiger partial charge in [-0.1, -0.05) is 15.9 Å². The summed E-state index contributed by atoms with van der Waals surface area (Å²) in [6.45, 7) is 2.33. The summed E-state index contributed by atoms with van der Waals surface area (Å²) in [5.41, 5.74) is 1.95. The van der Waals surface area contributed by atoms with Crippen molar-refractivity contribution < 1.29 is 0 Å². The molecule has 0 amide bonds. The Balaban J connectivity index is 1.82. The number of nitrogens with zero attached hydrogens (tertiary/aromatic N) is 2. The molecule has 0 bridgehead atoms. The Kier molecular flexibility index (Phi) is 3.30. The molecule has 0 radical (unpaired) electrons. The summed E-state index contributed by atoms with van der Waals surface area (Å²) >= 11 is 3.51. The zero-order chi connectivity index (χ0) is 12.5. The SMILES string of the molecule is N#Cc1cc(Br)cc(N(CC2CC2)CC2CC2)c1. The number of nitriles is 1. The Morgan fingerprint density at radius 1 is 1.11 bits per heavy atom. The Morgan fingerprint density at radius 3 is 2.22 bits per heavy atom. The average Bonchev–Trinajstić information content (AvgIpc) is 3.22. The number of benzene rings is 1. The molecule has 2 nitrogen and oxygen atoms in total. The van der Waals surface area contributed by atoms with E-state index in [1.165, 1.54) is 31.4 Å². The van der Waals surface area contributed by atoms with Crippen LogP contribution in [0.15, 0.2) is 22.7 Å². The topological polar surface area (TPSA) is 27.0 Å². The number of hydrogen-bond acceptors (Lipinski definition) is 2. The minimum absolute atomic E-state index is 0.746. The molecule has 94 valence electrons. The summed E-state index contributed by atoms with van der Waals surface area (Å²) in [6.07, 6.45) is 5.50. The van der Waals surface area contributed by atoms with E-state index in [1.807, 2.05) is 12.1 Å². The van der Waals surface area contributed by atoms with Crippen molar-refractivity contribution in [2.24, 2.45) is 11.8 Å². The first-order valence-electron chi connectivity index (χ1n) is 6.70. The van der Waals surface area contributed by atoms with Crippen LogP contribution >= 0.6 is 15.9 Å². The second-order valence-electron chi connectivity index (χ2n) is 5.60. The average molecular weight is 305 g/mol. The minimum atomic E-state index is 0.746. The summed E-state index contributed by atoms with van der Waals surface area (Å²) in [4.78, 5) is 2.49. The lowest BCUT2D eigenvalue weighted by atomic mass is 10.2. The predicted octanol–water partition coefficient (Wildman–Crippen LogP) is 3.95. The highest BCUT2D eigenvalue weighted by Gasteiger charge is 2.29. The van der Waals surface area contributed by atoms with E-state index < -0.39 is 0 Å². The van der Waals surface area contributed by atoms with Gasteiger partial charge in [-0.3, -0.25) is 0 Å². The molecular formula is C15H17BrN2. The highest BCUT2D eigenvalue weighted by molar-refractivity contribution is 9.10. The second kappa shape index (κ2) is 4.93. The van der Waals surface area contributed by atoms with Crippen LogP contribution in [0.4, 0.5) is 5.69 Å². The van der Waals surface area contributed by atoms with Crippen LogP contribution in [-0.2, 0) is 0 Å². The monoisotopic (exact) mass is 304 g/mol. The van der Waals surface area contributed by atoms with E-state index in [-0.39, 0.29) is 0 Å². The molecule has 18 heavy (non-hydrogen) atoms. The number of hydrogen-bond donors (Lipinski definition) is 0. The molecule has 3 rings (SSSR count). The van der Waals surface area contributed by atoms with Crippen molar-refractivity contribution in [1.29, 1.82) is 5.26 Å². The van der Waals surface area contributed by atoms with Crippen molar-refractivity contribution in [3.8, 4) is 6.07 Å². The van der Waals surface area contributed by atoms with Crippen LogP contribution in [0.3, 0.4) is 0 Å². The van der Waals surface area contributed by atoms with E-state index in [9.17, 15) is 0 Å². The van der Waals surface area contributed by atoms with Crippen molar-refractivity contribution in [2.45, 2.75) is 25.7 Å². The molecule has 0 heterocycles. The lowest BCUT2D eigenvalue weighted by Gasteiger charge is -2.25. The van der Waals surface area contributed by atoms with E-state index >= 15 is 0 Å². The second-order valence-corrected chi connectivity index (χ2v) is 6.52. The maximum Gasteiger partial charge on any atom is 0.0992 e. The fraction of sp³-hybridized carbons (Fsp3) is 0.533. The van der Waals surface area contributed by atoms with Crippen LogP contribution < -0.4 is 4.90 Å². The molecule has 0 N–H and O–H groups in total. The Hall–Kier alpha value is -1.01. The van der Waals surface area contributed by atoms with Crippen LogP contribution in [0.25, 0.3) is 0 Å². The maximum atomic E-state index is 9.07. The molecule has 3 heteroatoms. The van der Waals surface area contributed by atoms with Gasteiger partial charge in [-0.15, -0.1) is 0 Å². The molecule has 2 aliphatic carbocycles. The maximum absolute atomic E-state index is 9.07. The zero-order valence-electron chi connectivity index (χ0n) is 10.4. The Bertz CT molecular complexity index is 470. The van der Waals surface area contributed by atoms with E-state index in [4.69, 9.17) is 5.26 Å². The molecule has 0 atom stereocenters. The molecule has 0 saturated heterocycles. The molecule has 2 fully saturated rings. The summed E-state index contributed by atoms with van der Waals surface area (Å²) in [5.74, 6) is 1.77. The molecule has 0 aliphatic heterocycles. The molecule has 0 spiro atoms. The number of rotatable bonds is 5. The first-order valence-corrected chi connectivity index (χ1v) is 7.49. The van der Waals surface area contributed by atoms with Gasteiger partial charge < -0.3 is 4.90 Å². The van der Waals surface area contributed by atoms with Gasteiger partial charge in [0.05, 0.1) is 11.6 Å². The largest absolute Gasteiger partial charge is 0.371 e. The highest BCUT2D eigenvalue weighted by Crippen LogP contribution is 2.36. The first-order chi connectivity index (χ1) is 8.74. The standard InChI is InChI=1S/C15H17BrN2/c16-14-5-13(8-17)6-15(7-14)18(9-11-1-2-11)10-12-3-4-12/h5-7,11-12H,1-4,9-10H2. The van der Waals surface area contributed by atoms with Gasteiger partial charge in [0.25, 0.3) is 0 Å². The highest BCUT2D eigenvalue weighted by atomic mass is 79.9. The van der Waals surface area contributed by atoms with Gasteiger partial charge in [0.15, 0.2) is 0 Å². The number of anilines is 1. The molecule has 2 aliphatic rings. The lowest BCUT2D eigenvalue weighted by molar-refractivity contribution is 0.679. The molecule has 1 aromatic carbocycles. The molecular weight excluding hydrogens is 288 g/mol. The Labute approximate surface area is 117 Å². The van der Waals surface area contributed by atoms with Crippen molar-refractivity contribution in [2.75, 3.05) is 18.0 Å². The van der Waals surface area contributed by atoms with Gasteiger partial charge in [-0.2, -0.15) is 5.26 Å². The van der Waals surface area contributed by atoms with Crippen LogP contribution in [-0.4, -0.2) is 13.1 Å². The third-order valence-electron chi connectivity index (χ3n) is 3.73. The fourth-order valence-corrected chi connectivity index (χ4v) is 2.81. The normalized spacial score (nSPS) is 18.4. The van der Waals surface area contributed by atoms with Crippen LogP contribution in [0.1, 0.15) is 31.2 Å². The van der Waals surface area contributed by atoms with Gasteiger partial charge in [-0.25, -0.2) is 0 Å². The quantitative estimate of drug-likeness (QED) is 0.823. The van der Waals surface area contributed by atoms with E-state index in [0.717, 1.165) is 35.0 Å². The summed E-state index contributed by atoms with van der Waals surface area (Å²) < 4.78 is 1.01. The molecule has 0 unspecified atom stereocenters. The predicted molar refractivity (Wildman–Crippen MR) is 76.5 cm³/mol.